The SMILES string of the molecule is CNC(=O)[C@@H]1CN(CC(=O)Nc2ccc(N3CCC(C)CC3)cc2)c2ccccc2O1. The molecule has 7 heteroatoms. The number of piperidine rings is 1. The second-order valence-electron chi connectivity index (χ2n) is 8.33. The summed E-state index contributed by atoms with van der Waals surface area (Å²) in [6.45, 7) is 4.92. The normalized spacial score (nSPS) is 18.7. The van der Waals surface area contributed by atoms with Gasteiger partial charge in [-0.3, -0.25) is 9.59 Å². The lowest BCUT2D eigenvalue weighted by Crippen LogP contribution is -2.50. The number of fused-ring (bicyclic) bond motifs is 1. The summed E-state index contributed by atoms with van der Waals surface area (Å²) in [6, 6.07) is 15.5. The van der Waals surface area contributed by atoms with Crippen molar-refractivity contribution >= 4 is 28.9 Å². The minimum atomic E-state index is -0.653. The van der Waals surface area contributed by atoms with Gasteiger partial charge in [0.25, 0.3) is 5.91 Å². The summed E-state index contributed by atoms with van der Waals surface area (Å²) in [6.07, 6.45) is 1.78. The smallest absolute Gasteiger partial charge is 0.262 e. The maximum Gasteiger partial charge on any atom is 0.262 e. The van der Waals surface area contributed by atoms with Crippen molar-refractivity contribution in [1.82, 2.24) is 5.32 Å². The van der Waals surface area contributed by atoms with E-state index in [2.05, 4.69) is 34.6 Å². The number of para-hydroxylation sites is 2. The molecule has 0 aliphatic carbocycles. The van der Waals surface area contributed by atoms with Crippen molar-refractivity contribution < 1.29 is 14.3 Å². The molecule has 2 aliphatic rings. The molecule has 2 aromatic rings. The summed E-state index contributed by atoms with van der Waals surface area (Å²) < 4.78 is 5.80. The van der Waals surface area contributed by atoms with Gasteiger partial charge in [0.2, 0.25) is 5.91 Å². The van der Waals surface area contributed by atoms with Crippen LogP contribution in [0, 0.1) is 5.92 Å². The van der Waals surface area contributed by atoms with Crippen LogP contribution >= 0.6 is 0 Å². The molecule has 31 heavy (non-hydrogen) atoms. The summed E-state index contributed by atoms with van der Waals surface area (Å²) in [5.74, 6) is 1.06. The van der Waals surface area contributed by atoms with E-state index in [0.717, 1.165) is 30.4 Å². The zero-order valence-electron chi connectivity index (χ0n) is 18.1. The molecule has 0 spiro atoms. The van der Waals surface area contributed by atoms with Gasteiger partial charge in [-0.15, -0.1) is 0 Å². The van der Waals surface area contributed by atoms with E-state index < -0.39 is 6.10 Å². The van der Waals surface area contributed by atoms with Crippen LogP contribution in [0.15, 0.2) is 48.5 Å². The first-order chi connectivity index (χ1) is 15.0. The number of nitrogens with zero attached hydrogens (tertiary/aromatic N) is 2. The molecule has 2 aliphatic heterocycles. The highest BCUT2D eigenvalue weighted by molar-refractivity contribution is 5.95. The fourth-order valence-corrected chi connectivity index (χ4v) is 4.15. The summed E-state index contributed by atoms with van der Waals surface area (Å²) in [7, 11) is 1.58. The highest BCUT2D eigenvalue weighted by atomic mass is 16.5. The molecular weight excluding hydrogens is 392 g/mol. The number of likely N-dealkylation sites (N-methyl/N-ethyl adjacent to an activating group) is 1. The maximum absolute atomic E-state index is 12.8. The lowest BCUT2D eigenvalue weighted by atomic mass is 9.99. The second kappa shape index (κ2) is 9.29. The highest BCUT2D eigenvalue weighted by Crippen LogP contribution is 2.33. The van der Waals surface area contributed by atoms with Gasteiger partial charge in [-0.1, -0.05) is 19.1 Å². The monoisotopic (exact) mass is 422 g/mol. The Morgan fingerprint density at radius 2 is 1.77 bits per heavy atom. The fraction of sp³-hybridized carbons (Fsp3) is 0.417. The third-order valence-electron chi connectivity index (χ3n) is 6.03. The molecular formula is C24H30N4O3. The van der Waals surface area contributed by atoms with Crippen LogP contribution < -0.4 is 25.2 Å². The topological polar surface area (TPSA) is 73.9 Å². The van der Waals surface area contributed by atoms with Crippen LogP contribution in [0.1, 0.15) is 19.8 Å². The second-order valence-corrected chi connectivity index (χ2v) is 8.33. The summed E-state index contributed by atoms with van der Waals surface area (Å²) in [4.78, 5) is 29.2. The number of carbonyl (C=O) groups is 2. The molecule has 1 atom stereocenters. The maximum atomic E-state index is 12.8. The molecule has 2 heterocycles. The average Bonchev–Trinajstić information content (AvgIpc) is 2.79. The summed E-state index contributed by atoms with van der Waals surface area (Å²) >= 11 is 0. The van der Waals surface area contributed by atoms with E-state index in [-0.39, 0.29) is 18.4 Å². The van der Waals surface area contributed by atoms with Gasteiger partial charge in [-0.2, -0.15) is 0 Å². The van der Waals surface area contributed by atoms with Gasteiger partial charge in [0.05, 0.1) is 18.8 Å². The first-order valence-electron chi connectivity index (χ1n) is 10.9. The van der Waals surface area contributed by atoms with Crippen molar-refractivity contribution in [3.05, 3.63) is 48.5 Å². The van der Waals surface area contributed by atoms with Crippen molar-refractivity contribution in [2.24, 2.45) is 5.92 Å². The third-order valence-corrected chi connectivity index (χ3v) is 6.03. The zero-order valence-corrected chi connectivity index (χ0v) is 18.1. The number of rotatable bonds is 5. The van der Waals surface area contributed by atoms with Gasteiger partial charge < -0.3 is 25.2 Å². The average molecular weight is 423 g/mol. The number of benzene rings is 2. The number of carbonyl (C=O) groups excluding carboxylic acids is 2. The Morgan fingerprint density at radius 1 is 1.06 bits per heavy atom. The Bertz CT molecular complexity index is 923. The predicted molar refractivity (Wildman–Crippen MR) is 123 cm³/mol. The van der Waals surface area contributed by atoms with Crippen LogP contribution in [0.2, 0.25) is 0 Å². The van der Waals surface area contributed by atoms with Crippen molar-refractivity contribution in [3.63, 3.8) is 0 Å². The summed E-state index contributed by atoms with van der Waals surface area (Å²) in [5.41, 5.74) is 2.77. The van der Waals surface area contributed by atoms with E-state index in [1.54, 1.807) is 7.05 Å². The number of nitrogens with one attached hydrogen (secondary N) is 2. The van der Waals surface area contributed by atoms with Crippen molar-refractivity contribution in [1.29, 1.82) is 0 Å². The van der Waals surface area contributed by atoms with Gasteiger partial charge in [-0.25, -0.2) is 0 Å². The standard InChI is InChI=1S/C24H30N4O3/c1-17-11-13-27(14-12-17)19-9-7-18(8-10-19)26-23(29)16-28-15-22(24(30)25-2)31-21-6-4-3-5-20(21)28/h3-10,17,22H,11-16H2,1-2H3,(H,25,30)(H,26,29)/t22-/m0/s1. The molecule has 4 rings (SSSR count). The number of hydrogen-bond acceptors (Lipinski definition) is 5. The molecule has 1 saturated heterocycles. The summed E-state index contributed by atoms with van der Waals surface area (Å²) in [5, 5.41) is 5.59. The lowest BCUT2D eigenvalue weighted by molar-refractivity contribution is -0.127. The van der Waals surface area contributed by atoms with Crippen LogP contribution in [0.25, 0.3) is 0 Å². The molecule has 1 fully saturated rings. The molecule has 0 saturated carbocycles. The van der Waals surface area contributed by atoms with E-state index in [9.17, 15) is 9.59 Å². The quantitative estimate of drug-likeness (QED) is 0.775. The van der Waals surface area contributed by atoms with Crippen LogP contribution in [0.5, 0.6) is 5.75 Å². The molecule has 2 N–H and O–H groups in total. The van der Waals surface area contributed by atoms with E-state index >= 15 is 0 Å². The number of hydrogen-bond donors (Lipinski definition) is 2. The molecule has 0 radical (unpaired) electrons. The van der Waals surface area contributed by atoms with Gasteiger partial charge >= 0.3 is 0 Å². The highest BCUT2D eigenvalue weighted by Gasteiger charge is 2.31. The molecule has 0 unspecified atom stereocenters. The van der Waals surface area contributed by atoms with Gasteiger partial charge in [0, 0.05) is 31.5 Å². The fourth-order valence-electron chi connectivity index (χ4n) is 4.15. The van der Waals surface area contributed by atoms with Crippen LogP contribution in [0.4, 0.5) is 17.1 Å². The molecule has 7 nitrogen and oxygen atoms in total. The Kier molecular flexibility index (Phi) is 6.30. The minimum Gasteiger partial charge on any atom is -0.477 e. The van der Waals surface area contributed by atoms with Crippen molar-refractivity contribution in [2.75, 3.05) is 48.3 Å². The lowest BCUT2D eigenvalue weighted by Gasteiger charge is -2.35. The molecule has 2 amide bonds. The Balaban J connectivity index is 1.39. The third kappa shape index (κ3) is 4.93. The van der Waals surface area contributed by atoms with Crippen molar-refractivity contribution in [2.45, 2.75) is 25.9 Å². The Morgan fingerprint density at radius 3 is 2.48 bits per heavy atom. The largest absolute Gasteiger partial charge is 0.477 e. The molecule has 2 aromatic carbocycles. The Hall–Kier alpha value is -3.22. The van der Waals surface area contributed by atoms with E-state index in [1.807, 2.05) is 41.3 Å². The first kappa shape index (κ1) is 21.0. The first-order valence-corrected chi connectivity index (χ1v) is 10.9. The molecule has 0 bridgehead atoms. The van der Waals surface area contributed by atoms with Crippen LogP contribution in [-0.4, -0.2) is 51.1 Å². The molecule has 0 aromatic heterocycles. The van der Waals surface area contributed by atoms with Crippen molar-refractivity contribution in [3.8, 4) is 5.75 Å². The Labute approximate surface area is 183 Å². The minimum absolute atomic E-state index is 0.132. The van der Waals surface area contributed by atoms with Gasteiger partial charge in [-0.05, 0) is 55.2 Å². The number of ether oxygens (including phenoxy) is 1. The van der Waals surface area contributed by atoms with E-state index in [1.165, 1.54) is 18.5 Å². The zero-order chi connectivity index (χ0) is 21.8. The van der Waals surface area contributed by atoms with Gasteiger partial charge in [0.15, 0.2) is 6.10 Å². The predicted octanol–water partition coefficient (Wildman–Crippen LogP) is 2.88. The van der Waals surface area contributed by atoms with Crippen LogP contribution in [-0.2, 0) is 9.59 Å². The number of anilines is 3. The van der Waals surface area contributed by atoms with Crippen LogP contribution in [0.3, 0.4) is 0 Å². The van der Waals surface area contributed by atoms with Gasteiger partial charge in [0.1, 0.15) is 5.75 Å². The number of amides is 2. The molecule has 164 valence electrons. The van der Waals surface area contributed by atoms with E-state index in [4.69, 9.17) is 4.74 Å². The van der Waals surface area contributed by atoms with E-state index in [0.29, 0.717) is 12.3 Å².